The Morgan fingerprint density at radius 3 is 2.05 bits per heavy atom. The van der Waals surface area contributed by atoms with Crippen LogP contribution in [0.4, 0.5) is 13.2 Å². The zero-order valence-electron chi connectivity index (χ0n) is 10.6. The van der Waals surface area contributed by atoms with E-state index in [4.69, 9.17) is 13.0 Å². The van der Waals surface area contributed by atoms with Crippen LogP contribution in [0.25, 0.3) is 0 Å². The van der Waals surface area contributed by atoms with Gasteiger partial charge in [-0.3, -0.25) is 4.55 Å². The molecule has 0 aromatic heterocycles. The zero-order chi connectivity index (χ0) is 15.3. The fourth-order valence-electron chi connectivity index (χ4n) is 1.68. The smallest absolute Gasteiger partial charge is 0.279 e. The molecule has 1 aliphatic carbocycles. The quantitative estimate of drug-likeness (QED) is 0.349. The maximum absolute atomic E-state index is 10.7. The topological polar surface area (TPSA) is 71.4 Å². The van der Waals surface area contributed by atoms with E-state index in [2.05, 4.69) is 19.3 Å². The van der Waals surface area contributed by atoms with Crippen molar-refractivity contribution < 1.29 is 30.9 Å². The summed E-state index contributed by atoms with van der Waals surface area (Å²) in [4.78, 5) is 10.5. The minimum atomic E-state index is -5.84. The molecule has 1 N–H and O–H groups in total. The van der Waals surface area contributed by atoms with Crippen molar-refractivity contribution in [3.05, 3.63) is 5.57 Å². The second-order valence-corrected chi connectivity index (χ2v) is 8.24. The van der Waals surface area contributed by atoms with E-state index < -0.39 is 15.6 Å². The molecular weight excluding hydrogens is 304 g/mol. The number of hydrogen-bond acceptors (Lipinski definition) is 3. The molecule has 1 atom stereocenters. The van der Waals surface area contributed by atoms with Crippen LogP contribution in [0.15, 0.2) is 5.57 Å². The Morgan fingerprint density at radius 2 is 1.79 bits per heavy atom. The number of carbonyl (C=O) groups excluding carboxylic acids is 1. The van der Waals surface area contributed by atoms with Gasteiger partial charge in [0.2, 0.25) is 0 Å². The largest absolute Gasteiger partial charge is 0.522 e. The van der Waals surface area contributed by atoms with Gasteiger partial charge in [0.05, 0.1) is 0 Å². The molecule has 0 amide bonds. The van der Waals surface area contributed by atoms with Gasteiger partial charge in [0.1, 0.15) is 5.94 Å². The lowest BCUT2D eigenvalue weighted by Gasteiger charge is -2.26. The van der Waals surface area contributed by atoms with E-state index in [9.17, 15) is 18.0 Å². The van der Waals surface area contributed by atoms with Gasteiger partial charge in [-0.15, -0.1) is 7.92 Å². The summed E-state index contributed by atoms with van der Waals surface area (Å²) in [5.74, 6) is 2.12. The Hall–Kier alpha value is -0.420. The lowest BCUT2D eigenvalue weighted by atomic mass is 9.96. The van der Waals surface area contributed by atoms with Crippen LogP contribution >= 0.6 is 7.92 Å². The van der Waals surface area contributed by atoms with Crippen LogP contribution in [-0.2, 0) is 14.9 Å². The van der Waals surface area contributed by atoms with Crippen molar-refractivity contribution in [1.29, 1.82) is 0 Å². The van der Waals surface area contributed by atoms with Crippen LogP contribution < -0.4 is 0 Å². The third-order valence-corrected chi connectivity index (χ3v) is 5.02. The molecule has 0 radical (unpaired) electrons. The molecule has 19 heavy (non-hydrogen) atoms. The van der Waals surface area contributed by atoms with E-state index in [-0.39, 0.29) is 7.92 Å². The summed E-state index contributed by atoms with van der Waals surface area (Å²) in [6.45, 7) is 4.51. The summed E-state index contributed by atoms with van der Waals surface area (Å²) < 4.78 is 57.5. The highest BCUT2D eigenvalue weighted by Crippen LogP contribution is 2.43. The van der Waals surface area contributed by atoms with Gasteiger partial charge in [0, 0.05) is 11.2 Å². The van der Waals surface area contributed by atoms with Gasteiger partial charge in [-0.25, -0.2) is 4.79 Å². The summed E-state index contributed by atoms with van der Waals surface area (Å²) in [5, 5.41) is 0. The first kappa shape index (κ1) is 18.6. The molecular formula is C10H16F3O4PS. The summed E-state index contributed by atoms with van der Waals surface area (Å²) in [6, 6.07) is 0. The summed E-state index contributed by atoms with van der Waals surface area (Å²) in [6.07, 6.45) is 4.73. The van der Waals surface area contributed by atoms with E-state index >= 15 is 0 Å². The molecule has 1 unspecified atom stereocenters. The maximum atomic E-state index is 10.7. The second kappa shape index (κ2) is 7.39. The molecule has 0 saturated heterocycles. The van der Waals surface area contributed by atoms with Crippen LogP contribution in [0.1, 0.15) is 25.7 Å². The van der Waals surface area contributed by atoms with Gasteiger partial charge < -0.3 is 0 Å². The number of hydrogen-bond donors (Lipinski definition) is 1. The average molecular weight is 320 g/mol. The molecule has 112 valence electrons. The molecule has 0 aliphatic heterocycles. The van der Waals surface area contributed by atoms with Gasteiger partial charge in [-0.05, 0) is 32.6 Å². The van der Waals surface area contributed by atoms with Crippen molar-refractivity contribution in [3.63, 3.8) is 0 Å². The highest BCUT2D eigenvalue weighted by Gasteiger charge is 2.44. The highest BCUT2D eigenvalue weighted by molar-refractivity contribution is 7.86. The van der Waals surface area contributed by atoms with E-state index in [1.54, 1.807) is 0 Å². The lowest BCUT2D eigenvalue weighted by molar-refractivity contribution is -0.0510. The lowest BCUT2D eigenvalue weighted by Crippen LogP contribution is -2.21. The van der Waals surface area contributed by atoms with Gasteiger partial charge in [-0.2, -0.15) is 21.6 Å². The Morgan fingerprint density at radius 1 is 1.32 bits per heavy atom. The fourth-order valence-corrected chi connectivity index (χ4v) is 3.19. The van der Waals surface area contributed by atoms with E-state index in [1.165, 1.54) is 19.3 Å². The SMILES string of the molecule is CP(C)C1CCCCC1=C=O.O=S(=O)(O)C(F)(F)F. The minimum absolute atomic E-state index is 0.0367. The van der Waals surface area contributed by atoms with Crippen LogP contribution in [0.2, 0.25) is 0 Å². The number of halogens is 3. The van der Waals surface area contributed by atoms with Crippen LogP contribution in [-0.4, -0.2) is 43.4 Å². The molecule has 4 nitrogen and oxygen atoms in total. The van der Waals surface area contributed by atoms with Crippen molar-refractivity contribution >= 4 is 24.0 Å². The van der Waals surface area contributed by atoms with Crippen molar-refractivity contribution in [3.8, 4) is 0 Å². The number of rotatable bonds is 1. The molecule has 1 rings (SSSR count). The molecule has 0 spiro atoms. The first-order valence-corrected chi connectivity index (χ1v) is 9.19. The molecule has 0 heterocycles. The molecule has 1 saturated carbocycles. The first-order chi connectivity index (χ1) is 8.50. The predicted octanol–water partition coefficient (Wildman–Crippen LogP) is 2.82. The van der Waals surface area contributed by atoms with Crippen LogP contribution in [0, 0.1) is 0 Å². The second-order valence-electron chi connectivity index (χ2n) is 4.27. The van der Waals surface area contributed by atoms with Crippen molar-refractivity contribution in [2.75, 3.05) is 13.3 Å². The molecule has 9 heteroatoms. The van der Waals surface area contributed by atoms with Gasteiger partial charge in [0.25, 0.3) is 0 Å². The Balaban J connectivity index is 0.000000362. The number of alkyl halides is 3. The Labute approximate surface area is 111 Å². The Bertz CT molecular complexity index is 438. The summed E-state index contributed by atoms with van der Waals surface area (Å²) in [7, 11) is -5.80. The van der Waals surface area contributed by atoms with E-state index in [0.717, 1.165) is 12.0 Å². The fraction of sp³-hybridized carbons (Fsp3) is 0.800. The highest BCUT2D eigenvalue weighted by atomic mass is 32.2. The summed E-state index contributed by atoms with van der Waals surface area (Å²) in [5.41, 5.74) is -3.88. The van der Waals surface area contributed by atoms with Crippen LogP contribution in [0.5, 0.6) is 0 Å². The normalized spacial score (nSPS) is 20.6. The van der Waals surface area contributed by atoms with Crippen molar-refractivity contribution in [1.82, 2.24) is 0 Å². The molecule has 0 aromatic rings. The summed E-state index contributed by atoms with van der Waals surface area (Å²) >= 11 is 0. The predicted molar refractivity (Wildman–Crippen MR) is 67.8 cm³/mol. The average Bonchev–Trinajstić information content (AvgIpc) is 2.27. The van der Waals surface area contributed by atoms with Gasteiger partial charge >= 0.3 is 15.6 Å². The standard InChI is InChI=1S/C9H15OP.CHF3O3S/c1-11(2)9-6-4-3-5-8(9)7-10;2-1(3,4)8(5,6)7/h9H,3-6H2,1-2H3;(H,5,6,7). The molecule has 0 bridgehead atoms. The third-order valence-electron chi connectivity index (χ3n) is 2.62. The van der Waals surface area contributed by atoms with E-state index in [1.807, 2.05) is 0 Å². The minimum Gasteiger partial charge on any atom is -0.279 e. The molecule has 0 aromatic carbocycles. The molecule has 1 aliphatic rings. The third kappa shape index (κ3) is 6.52. The van der Waals surface area contributed by atoms with E-state index in [0.29, 0.717) is 5.66 Å². The molecule has 1 fully saturated rings. The maximum Gasteiger partial charge on any atom is 0.522 e. The van der Waals surface area contributed by atoms with Crippen molar-refractivity contribution in [2.45, 2.75) is 36.9 Å². The monoisotopic (exact) mass is 320 g/mol. The number of allylic oxidation sites excluding steroid dienone is 1. The van der Waals surface area contributed by atoms with Crippen LogP contribution in [0.3, 0.4) is 0 Å². The van der Waals surface area contributed by atoms with Gasteiger partial charge in [0.15, 0.2) is 0 Å². The Kier molecular flexibility index (Phi) is 7.22. The van der Waals surface area contributed by atoms with Crippen molar-refractivity contribution in [2.24, 2.45) is 0 Å². The first-order valence-electron chi connectivity index (χ1n) is 5.44. The van der Waals surface area contributed by atoms with Gasteiger partial charge in [-0.1, -0.05) is 6.42 Å². The zero-order valence-corrected chi connectivity index (χ0v) is 12.3.